The molecule has 140 valence electrons. The van der Waals surface area contributed by atoms with Crippen molar-refractivity contribution >= 4 is 44.2 Å². The zero-order chi connectivity index (χ0) is 19.6. The lowest BCUT2D eigenvalue weighted by Gasteiger charge is -2.15. The van der Waals surface area contributed by atoms with Crippen LogP contribution >= 0.6 is 15.9 Å². The Morgan fingerprint density at radius 1 is 1.19 bits per heavy atom. The molecule has 0 saturated carbocycles. The van der Waals surface area contributed by atoms with Gasteiger partial charge in [-0.1, -0.05) is 15.9 Å². The van der Waals surface area contributed by atoms with E-state index in [0.717, 1.165) is 16.6 Å². The van der Waals surface area contributed by atoms with Gasteiger partial charge in [-0.15, -0.1) is 0 Å². The van der Waals surface area contributed by atoms with Crippen LogP contribution in [-0.2, 0) is 10.9 Å². The van der Waals surface area contributed by atoms with E-state index in [2.05, 4.69) is 26.2 Å². The topological polar surface area (TPSA) is 51.2 Å². The van der Waals surface area contributed by atoms with Crippen molar-refractivity contribution in [3.05, 3.63) is 64.3 Å². The lowest BCUT2D eigenvalue weighted by molar-refractivity contribution is -0.137. The minimum absolute atomic E-state index is 0.0617. The van der Waals surface area contributed by atoms with Gasteiger partial charge in [0.2, 0.25) is 0 Å². The molecule has 3 aromatic rings. The lowest BCUT2D eigenvalue weighted by Crippen LogP contribution is -2.10. The quantitative estimate of drug-likeness (QED) is 0.512. The lowest BCUT2D eigenvalue weighted by atomic mass is 10.1. The molecule has 27 heavy (non-hydrogen) atoms. The van der Waals surface area contributed by atoms with Crippen molar-refractivity contribution in [1.29, 1.82) is 0 Å². The van der Waals surface area contributed by atoms with Gasteiger partial charge in [-0.25, -0.2) is 4.79 Å². The third-order valence-corrected chi connectivity index (χ3v) is 4.33. The standard InChI is InChI=1S/C19H14BrF3N2O2/c1-2-27-18(26)15-10-24-16-8-3-11(19(21,22)23)9-14(16)17(15)25-13-6-4-12(20)5-7-13/h3-10H,2H2,1H3,(H,24,25). The second kappa shape index (κ2) is 7.56. The zero-order valence-corrected chi connectivity index (χ0v) is 15.7. The zero-order valence-electron chi connectivity index (χ0n) is 14.1. The summed E-state index contributed by atoms with van der Waals surface area (Å²) in [6.07, 6.45) is -3.21. The average Bonchev–Trinajstić information content (AvgIpc) is 2.62. The Morgan fingerprint density at radius 3 is 2.52 bits per heavy atom. The maximum absolute atomic E-state index is 13.2. The van der Waals surface area contributed by atoms with Gasteiger partial charge in [-0.3, -0.25) is 4.98 Å². The van der Waals surface area contributed by atoms with Gasteiger partial charge in [-0.05, 0) is 49.4 Å². The van der Waals surface area contributed by atoms with Gasteiger partial charge in [0.15, 0.2) is 0 Å². The summed E-state index contributed by atoms with van der Waals surface area (Å²) in [5.41, 5.74) is 0.388. The predicted octanol–water partition coefficient (Wildman–Crippen LogP) is 5.94. The number of hydrogen-bond donors (Lipinski definition) is 1. The molecule has 0 atom stereocenters. The van der Waals surface area contributed by atoms with Gasteiger partial charge < -0.3 is 10.1 Å². The summed E-state index contributed by atoms with van der Waals surface area (Å²) in [5, 5.41) is 3.21. The number of anilines is 2. The first-order chi connectivity index (χ1) is 12.8. The minimum atomic E-state index is -4.51. The molecule has 3 rings (SSSR count). The van der Waals surface area contributed by atoms with Crippen LogP contribution in [0.1, 0.15) is 22.8 Å². The molecule has 4 nitrogen and oxygen atoms in total. The second-order valence-corrected chi connectivity index (χ2v) is 6.54. The maximum atomic E-state index is 13.2. The van der Waals surface area contributed by atoms with Gasteiger partial charge in [0.05, 0.1) is 23.4 Å². The van der Waals surface area contributed by atoms with E-state index in [1.54, 1.807) is 31.2 Å². The van der Waals surface area contributed by atoms with Gasteiger partial charge in [0.1, 0.15) is 5.56 Å². The number of fused-ring (bicyclic) bond motifs is 1. The maximum Gasteiger partial charge on any atom is 0.416 e. The van der Waals surface area contributed by atoms with Crippen molar-refractivity contribution in [3.8, 4) is 0 Å². The largest absolute Gasteiger partial charge is 0.462 e. The molecule has 0 saturated heterocycles. The average molecular weight is 439 g/mol. The van der Waals surface area contributed by atoms with Gasteiger partial charge in [-0.2, -0.15) is 13.2 Å². The fraction of sp³-hybridized carbons (Fsp3) is 0.158. The highest BCUT2D eigenvalue weighted by Gasteiger charge is 2.31. The van der Waals surface area contributed by atoms with Crippen molar-refractivity contribution in [2.75, 3.05) is 11.9 Å². The van der Waals surface area contributed by atoms with Crippen LogP contribution in [0.15, 0.2) is 53.1 Å². The highest BCUT2D eigenvalue weighted by Crippen LogP contribution is 2.35. The molecule has 0 amide bonds. The molecule has 0 fully saturated rings. The number of alkyl halides is 3. The fourth-order valence-corrected chi connectivity index (χ4v) is 2.81. The molecule has 1 N–H and O–H groups in total. The van der Waals surface area contributed by atoms with E-state index < -0.39 is 17.7 Å². The Bertz CT molecular complexity index is 989. The number of nitrogens with zero attached hydrogens (tertiary/aromatic N) is 1. The number of carbonyl (C=O) groups is 1. The molecule has 1 heterocycles. The van der Waals surface area contributed by atoms with Crippen LogP contribution in [0.3, 0.4) is 0 Å². The molecule has 8 heteroatoms. The SMILES string of the molecule is CCOC(=O)c1cnc2ccc(C(F)(F)F)cc2c1Nc1ccc(Br)cc1. The van der Waals surface area contributed by atoms with Crippen molar-refractivity contribution in [3.63, 3.8) is 0 Å². The van der Waals surface area contributed by atoms with Gasteiger partial charge >= 0.3 is 12.1 Å². The Hall–Kier alpha value is -2.61. The summed E-state index contributed by atoms with van der Waals surface area (Å²) in [5.74, 6) is -0.663. The van der Waals surface area contributed by atoms with E-state index in [9.17, 15) is 18.0 Å². The van der Waals surface area contributed by atoms with Crippen LogP contribution in [-0.4, -0.2) is 17.6 Å². The molecule has 0 radical (unpaired) electrons. The first-order valence-electron chi connectivity index (χ1n) is 7.99. The van der Waals surface area contributed by atoms with Crippen molar-refractivity contribution < 1.29 is 22.7 Å². The van der Waals surface area contributed by atoms with E-state index in [4.69, 9.17) is 4.74 Å². The normalized spacial score (nSPS) is 11.4. The van der Waals surface area contributed by atoms with E-state index >= 15 is 0 Å². The second-order valence-electron chi connectivity index (χ2n) is 5.63. The fourth-order valence-electron chi connectivity index (χ4n) is 2.54. The number of halogens is 4. The molecule has 0 unspecified atom stereocenters. The number of carbonyl (C=O) groups excluding carboxylic acids is 1. The van der Waals surface area contributed by atoms with Crippen LogP contribution < -0.4 is 5.32 Å². The highest BCUT2D eigenvalue weighted by atomic mass is 79.9. The Labute approximate surface area is 161 Å². The van der Waals surface area contributed by atoms with Crippen LogP contribution in [0.4, 0.5) is 24.5 Å². The Kier molecular flexibility index (Phi) is 5.36. The molecule has 0 aliphatic carbocycles. The van der Waals surface area contributed by atoms with E-state index in [1.165, 1.54) is 12.3 Å². The number of aromatic nitrogens is 1. The molecule has 1 aromatic heterocycles. The van der Waals surface area contributed by atoms with E-state index in [1.807, 2.05) is 0 Å². The summed E-state index contributed by atoms with van der Waals surface area (Å²) in [7, 11) is 0. The van der Waals surface area contributed by atoms with Crippen LogP contribution in [0.5, 0.6) is 0 Å². The molecular weight excluding hydrogens is 425 g/mol. The van der Waals surface area contributed by atoms with Crippen LogP contribution in [0.2, 0.25) is 0 Å². The van der Waals surface area contributed by atoms with E-state index in [-0.39, 0.29) is 23.2 Å². The van der Waals surface area contributed by atoms with Crippen molar-refractivity contribution in [1.82, 2.24) is 4.98 Å². The third kappa shape index (κ3) is 4.21. The molecule has 0 aliphatic rings. The van der Waals surface area contributed by atoms with Crippen molar-refractivity contribution in [2.24, 2.45) is 0 Å². The number of rotatable bonds is 4. The van der Waals surface area contributed by atoms with E-state index in [0.29, 0.717) is 11.2 Å². The van der Waals surface area contributed by atoms with Crippen molar-refractivity contribution in [2.45, 2.75) is 13.1 Å². The molecule has 0 spiro atoms. The molecule has 2 aromatic carbocycles. The molecular formula is C19H14BrF3N2O2. The number of nitrogens with one attached hydrogen (secondary N) is 1. The number of benzene rings is 2. The number of hydrogen-bond acceptors (Lipinski definition) is 4. The smallest absolute Gasteiger partial charge is 0.416 e. The summed E-state index contributed by atoms with van der Waals surface area (Å²) in [6, 6.07) is 10.2. The number of pyridine rings is 1. The van der Waals surface area contributed by atoms with Gasteiger partial charge in [0, 0.05) is 21.7 Å². The van der Waals surface area contributed by atoms with Crippen LogP contribution in [0.25, 0.3) is 10.9 Å². The van der Waals surface area contributed by atoms with Gasteiger partial charge in [0.25, 0.3) is 0 Å². The van der Waals surface area contributed by atoms with Crippen LogP contribution in [0, 0.1) is 0 Å². The monoisotopic (exact) mass is 438 g/mol. The first kappa shape index (κ1) is 19.2. The number of esters is 1. The highest BCUT2D eigenvalue weighted by molar-refractivity contribution is 9.10. The summed E-state index contributed by atoms with van der Waals surface area (Å²) < 4.78 is 45.4. The Balaban J connectivity index is 2.20. The first-order valence-corrected chi connectivity index (χ1v) is 8.78. The summed E-state index contributed by atoms with van der Waals surface area (Å²) in [6.45, 7) is 1.78. The number of ether oxygens (including phenoxy) is 1. The Morgan fingerprint density at radius 2 is 1.89 bits per heavy atom. The summed E-state index contributed by atoms with van der Waals surface area (Å²) >= 11 is 3.32. The molecule has 0 bridgehead atoms. The molecule has 0 aliphatic heterocycles. The third-order valence-electron chi connectivity index (χ3n) is 3.80. The predicted molar refractivity (Wildman–Crippen MR) is 100 cm³/mol. The minimum Gasteiger partial charge on any atom is -0.462 e. The summed E-state index contributed by atoms with van der Waals surface area (Å²) in [4.78, 5) is 16.4.